The number of carbonyl (C=O) groups is 1. The van der Waals surface area contributed by atoms with E-state index in [0.29, 0.717) is 23.7 Å². The molecule has 0 saturated carbocycles. The van der Waals surface area contributed by atoms with Crippen molar-refractivity contribution in [1.29, 1.82) is 0 Å². The smallest absolute Gasteiger partial charge is 0.339 e. The molecule has 0 aliphatic carbocycles. The monoisotopic (exact) mass is 249 g/mol. The summed E-state index contributed by atoms with van der Waals surface area (Å²) in [6.45, 7) is 2.46. The minimum absolute atomic E-state index is 0. The third-order valence-electron chi connectivity index (χ3n) is 1.76. The van der Waals surface area contributed by atoms with Crippen LogP contribution in [0.2, 0.25) is 5.02 Å². The van der Waals surface area contributed by atoms with E-state index in [4.69, 9.17) is 22.1 Å². The van der Waals surface area contributed by atoms with Crippen LogP contribution < -0.4 is 5.73 Å². The molecule has 0 radical (unpaired) electrons. The second-order valence-corrected chi connectivity index (χ2v) is 3.15. The first-order valence-corrected chi connectivity index (χ1v) is 4.72. The Bertz CT molecular complexity index is 342. The highest BCUT2D eigenvalue weighted by Gasteiger charge is 2.11. The summed E-state index contributed by atoms with van der Waals surface area (Å²) < 4.78 is 4.84. The van der Waals surface area contributed by atoms with Gasteiger partial charge in [0.25, 0.3) is 0 Å². The van der Waals surface area contributed by atoms with Crippen molar-refractivity contribution < 1.29 is 9.53 Å². The van der Waals surface area contributed by atoms with Crippen LogP contribution in [0.5, 0.6) is 0 Å². The number of carbonyl (C=O) groups excluding carboxylic acids is 1. The van der Waals surface area contributed by atoms with Gasteiger partial charge in [-0.25, -0.2) is 4.79 Å². The maximum absolute atomic E-state index is 11.4. The summed E-state index contributed by atoms with van der Waals surface area (Å²) in [4.78, 5) is 11.4. The molecule has 0 bridgehead atoms. The quantitative estimate of drug-likeness (QED) is 0.838. The summed E-state index contributed by atoms with van der Waals surface area (Å²) in [6, 6.07) is 5.08. The van der Waals surface area contributed by atoms with Crippen LogP contribution in [0.3, 0.4) is 0 Å². The lowest BCUT2D eigenvalue weighted by Crippen LogP contribution is -2.07. The van der Waals surface area contributed by atoms with E-state index < -0.39 is 5.97 Å². The molecule has 5 heteroatoms. The van der Waals surface area contributed by atoms with Crippen molar-refractivity contribution in [2.45, 2.75) is 13.5 Å². The molecule has 1 aromatic rings. The fraction of sp³-hybridized carbons (Fsp3) is 0.300. The highest BCUT2D eigenvalue weighted by molar-refractivity contribution is 6.33. The Morgan fingerprint density at radius 3 is 2.73 bits per heavy atom. The van der Waals surface area contributed by atoms with Crippen molar-refractivity contribution >= 4 is 30.0 Å². The van der Waals surface area contributed by atoms with Gasteiger partial charge in [0.2, 0.25) is 0 Å². The number of benzene rings is 1. The Hall–Kier alpha value is -0.770. The number of esters is 1. The largest absolute Gasteiger partial charge is 0.462 e. The van der Waals surface area contributed by atoms with Gasteiger partial charge in [0.05, 0.1) is 17.2 Å². The van der Waals surface area contributed by atoms with Gasteiger partial charge in [0.1, 0.15) is 0 Å². The first-order chi connectivity index (χ1) is 6.69. The first kappa shape index (κ1) is 14.2. The minimum atomic E-state index is -0.409. The number of hydrogen-bond donors (Lipinski definition) is 1. The van der Waals surface area contributed by atoms with E-state index in [1.807, 2.05) is 0 Å². The molecule has 0 unspecified atom stereocenters. The predicted molar refractivity (Wildman–Crippen MR) is 62.5 cm³/mol. The van der Waals surface area contributed by atoms with Crippen molar-refractivity contribution in [3.8, 4) is 0 Å². The van der Waals surface area contributed by atoms with Crippen LogP contribution in [0.25, 0.3) is 0 Å². The Kier molecular flexibility index (Phi) is 6.32. The maximum Gasteiger partial charge on any atom is 0.339 e. The molecule has 84 valence electrons. The van der Waals surface area contributed by atoms with E-state index in [-0.39, 0.29) is 12.4 Å². The lowest BCUT2D eigenvalue weighted by atomic mass is 10.1. The normalized spacial score (nSPS) is 9.27. The minimum Gasteiger partial charge on any atom is -0.462 e. The van der Waals surface area contributed by atoms with Gasteiger partial charge in [-0.3, -0.25) is 0 Å². The van der Waals surface area contributed by atoms with Crippen LogP contribution in [0, 0.1) is 0 Å². The van der Waals surface area contributed by atoms with Crippen molar-refractivity contribution in [3.63, 3.8) is 0 Å². The molecule has 1 aromatic carbocycles. The molecule has 0 heterocycles. The zero-order valence-corrected chi connectivity index (χ0v) is 9.90. The average molecular weight is 250 g/mol. The van der Waals surface area contributed by atoms with Gasteiger partial charge >= 0.3 is 5.97 Å². The van der Waals surface area contributed by atoms with E-state index >= 15 is 0 Å². The molecule has 0 amide bonds. The SMILES string of the molecule is CCOC(=O)c1cc(CN)ccc1Cl.Cl. The third kappa shape index (κ3) is 3.70. The number of halogens is 2. The average Bonchev–Trinajstić information content (AvgIpc) is 2.19. The van der Waals surface area contributed by atoms with E-state index in [2.05, 4.69) is 0 Å². The number of nitrogens with two attached hydrogens (primary N) is 1. The van der Waals surface area contributed by atoms with Gasteiger partial charge in [-0.1, -0.05) is 17.7 Å². The molecule has 15 heavy (non-hydrogen) atoms. The molecule has 2 N–H and O–H groups in total. The van der Waals surface area contributed by atoms with Crippen LogP contribution in [0.4, 0.5) is 0 Å². The Morgan fingerprint density at radius 1 is 1.53 bits per heavy atom. The van der Waals surface area contributed by atoms with Crippen molar-refractivity contribution in [2.24, 2.45) is 5.73 Å². The van der Waals surface area contributed by atoms with Crippen molar-refractivity contribution in [1.82, 2.24) is 0 Å². The molecule has 0 atom stereocenters. The predicted octanol–water partition coefficient (Wildman–Crippen LogP) is 2.40. The molecule has 1 rings (SSSR count). The second-order valence-electron chi connectivity index (χ2n) is 2.74. The topological polar surface area (TPSA) is 52.3 Å². The standard InChI is InChI=1S/C10H12ClNO2.ClH/c1-2-14-10(13)8-5-7(6-12)3-4-9(8)11;/h3-5H,2,6,12H2,1H3;1H. The molecule has 3 nitrogen and oxygen atoms in total. The fourth-order valence-electron chi connectivity index (χ4n) is 1.06. The van der Waals surface area contributed by atoms with Crippen LogP contribution in [-0.4, -0.2) is 12.6 Å². The summed E-state index contributed by atoms with van der Waals surface area (Å²) >= 11 is 5.84. The molecule has 0 fully saturated rings. The van der Waals surface area contributed by atoms with Crippen LogP contribution in [0.1, 0.15) is 22.8 Å². The number of rotatable bonds is 3. The highest BCUT2D eigenvalue weighted by Crippen LogP contribution is 2.18. The van der Waals surface area contributed by atoms with Gasteiger partial charge < -0.3 is 10.5 Å². The van der Waals surface area contributed by atoms with Crippen molar-refractivity contribution in [2.75, 3.05) is 6.61 Å². The first-order valence-electron chi connectivity index (χ1n) is 4.34. The molecule has 0 saturated heterocycles. The molecular weight excluding hydrogens is 237 g/mol. The summed E-state index contributed by atoms with van der Waals surface area (Å²) in [7, 11) is 0. The Balaban J connectivity index is 0.00000196. The summed E-state index contributed by atoms with van der Waals surface area (Å²) in [5.41, 5.74) is 6.68. The lowest BCUT2D eigenvalue weighted by molar-refractivity contribution is 0.0526. The van der Waals surface area contributed by atoms with Gasteiger partial charge in [-0.15, -0.1) is 12.4 Å². The number of hydrogen-bond acceptors (Lipinski definition) is 3. The van der Waals surface area contributed by atoms with E-state index in [0.717, 1.165) is 5.56 Å². The van der Waals surface area contributed by atoms with Gasteiger partial charge in [-0.05, 0) is 24.6 Å². The van der Waals surface area contributed by atoms with E-state index in [9.17, 15) is 4.79 Å². The number of ether oxygens (including phenoxy) is 1. The fourth-order valence-corrected chi connectivity index (χ4v) is 1.26. The lowest BCUT2D eigenvalue weighted by Gasteiger charge is -2.05. The van der Waals surface area contributed by atoms with Crippen molar-refractivity contribution in [3.05, 3.63) is 34.3 Å². The van der Waals surface area contributed by atoms with Gasteiger partial charge in [-0.2, -0.15) is 0 Å². The van der Waals surface area contributed by atoms with Crippen LogP contribution in [-0.2, 0) is 11.3 Å². The molecule has 0 spiro atoms. The zero-order valence-electron chi connectivity index (χ0n) is 8.33. The van der Waals surface area contributed by atoms with E-state index in [1.54, 1.807) is 25.1 Å². The zero-order chi connectivity index (χ0) is 10.6. The maximum atomic E-state index is 11.4. The molecular formula is C10H13Cl2NO2. The van der Waals surface area contributed by atoms with E-state index in [1.165, 1.54) is 0 Å². The van der Waals surface area contributed by atoms with Crippen LogP contribution >= 0.6 is 24.0 Å². The third-order valence-corrected chi connectivity index (χ3v) is 2.09. The van der Waals surface area contributed by atoms with Gasteiger partial charge in [0.15, 0.2) is 0 Å². The Morgan fingerprint density at radius 2 is 2.20 bits per heavy atom. The molecule has 0 aliphatic heterocycles. The highest BCUT2D eigenvalue weighted by atomic mass is 35.5. The second kappa shape index (κ2) is 6.67. The van der Waals surface area contributed by atoms with Gasteiger partial charge in [0, 0.05) is 6.54 Å². The Labute approximate surface area is 100.0 Å². The molecule has 0 aromatic heterocycles. The summed E-state index contributed by atoms with van der Waals surface area (Å²) in [5.74, 6) is -0.409. The molecule has 0 aliphatic rings. The summed E-state index contributed by atoms with van der Waals surface area (Å²) in [6.07, 6.45) is 0. The van der Waals surface area contributed by atoms with Crippen LogP contribution in [0.15, 0.2) is 18.2 Å². The summed E-state index contributed by atoms with van der Waals surface area (Å²) in [5, 5.41) is 0.389.